The van der Waals surface area contributed by atoms with Crippen molar-refractivity contribution in [2.45, 2.75) is 93.4 Å². The van der Waals surface area contributed by atoms with Crippen LogP contribution in [0.25, 0.3) is 22.0 Å². The van der Waals surface area contributed by atoms with Gasteiger partial charge in [0.1, 0.15) is 11.2 Å². The summed E-state index contributed by atoms with van der Waals surface area (Å²) in [6.07, 6.45) is 4.33. The molecule has 1 saturated carbocycles. The molecule has 10 rings (SSSR count). The maximum absolute atomic E-state index is 15.6. The molecule has 2 bridgehead atoms. The molecule has 2 saturated heterocycles. The number of benzene rings is 3. The Morgan fingerprint density at radius 2 is 1.75 bits per heavy atom. The maximum Gasteiger partial charge on any atom is 0.344 e. The van der Waals surface area contributed by atoms with Gasteiger partial charge >= 0.3 is 17.9 Å². The second kappa shape index (κ2) is 16.0. The summed E-state index contributed by atoms with van der Waals surface area (Å²) in [5.74, 6) is -6.11. The number of nitrogens with one attached hydrogen (secondary N) is 1. The lowest BCUT2D eigenvalue weighted by Crippen LogP contribution is -2.81. The van der Waals surface area contributed by atoms with E-state index in [0.29, 0.717) is 73.2 Å². The van der Waals surface area contributed by atoms with E-state index < -0.39 is 63.7 Å². The van der Waals surface area contributed by atoms with Gasteiger partial charge in [-0.25, -0.2) is 13.6 Å². The number of halogens is 3. The molecule has 1 aromatic heterocycles. The number of aliphatic hydroxyl groups is 1. The summed E-state index contributed by atoms with van der Waals surface area (Å²) in [5, 5.41) is 14.9. The molecule has 6 heterocycles. The number of anilines is 1. The van der Waals surface area contributed by atoms with Gasteiger partial charge in [-0.2, -0.15) is 0 Å². The predicted octanol–water partition coefficient (Wildman–Crippen LogP) is 7.44. The number of aromatic nitrogens is 1. The number of esters is 3. The van der Waals surface area contributed by atoms with E-state index in [1.807, 2.05) is 79.6 Å². The second-order valence-electron chi connectivity index (χ2n) is 20.0. The average molecular weight is 942 g/mol. The van der Waals surface area contributed by atoms with E-state index in [1.165, 1.54) is 28.3 Å². The van der Waals surface area contributed by atoms with Gasteiger partial charge in [0.25, 0.3) is 0 Å². The van der Waals surface area contributed by atoms with Crippen LogP contribution in [0.5, 0.6) is 5.75 Å². The Labute approximate surface area is 394 Å². The van der Waals surface area contributed by atoms with E-state index in [9.17, 15) is 14.7 Å². The smallest absolute Gasteiger partial charge is 0.344 e. The van der Waals surface area contributed by atoms with Gasteiger partial charge in [-0.1, -0.05) is 54.9 Å². The average Bonchev–Trinajstić information content (AvgIpc) is 3.97. The fraction of sp³-hybridized carbons (Fsp3) is 0.519. The first-order valence-electron chi connectivity index (χ1n) is 23.4. The third-order valence-electron chi connectivity index (χ3n) is 16.8. The Balaban J connectivity index is 1.28. The number of ether oxygens (including phenoxy) is 4. The van der Waals surface area contributed by atoms with Crippen molar-refractivity contribution in [1.29, 1.82) is 0 Å². The highest BCUT2D eigenvalue weighted by Crippen LogP contribution is 2.68. The molecular weight excluding hydrogens is 882 g/mol. The SMILES string of the molecule is CC[C@@]12C=CCN3CCC4(c5cc([C@@]6(C(=O)OC)CC7CC(C(C)(F)F)CN(CCc8c6[nH]c6ccc(-c9ccccc9Cl)cc86)C7)c(OC)cc5N(C)C4[C@](O)(C(=O)OC)[C@H]1OC(C)=O)C32. The lowest BCUT2D eigenvalue weighted by molar-refractivity contribution is -0.228. The number of rotatable bonds is 8. The minimum absolute atomic E-state index is 0.110. The number of alkyl halides is 2. The first-order chi connectivity index (χ1) is 31.9. The van der Waals surface area contributed by atoms with Gasteiger partial charge in [0, 0.05) is 107 Å². The van der Waals surface area contributed by atoms with Crippen LogP contribution in [-0.4, -0.2) is 129 Å². The standard InChI is InChI=1S/C52H59ClF2N4O8/c1-8-49-17-11-19-59-21-18-50(43(49)59)36-24-37(41(64-5)25-40(36)57(4)44(50)52(63,47(62)66-7)45(49)67-29(2)60)51(46(61)65-6)26-30-22-32(48(3,54)55)28-58(27-30)20-16-34-35-23-31(14-15-39(35)56-42(34)51)33-12-9-10-13-38(33)53/h9-15,17,23-25,30,32,43-45,56,63H,8,16,18-22,26-28H2,1-7H3/t30?,32?,43?,44?,45-,49-,50?,51-,52+/m0/s1. The van der Waals surface area contributed by atoms with E-state index in [0.717, 1.165) is 40.1 Å². The minimum atomic E-state index is -2.97. The molecule has 67 heavy (non-hydrogen) atoms. The number of hydrogen-bond acceptors (Lipinski definition) is 11. The van der Waals surface area contributed by atoms with Crippen LogP contribution in [0.4, 0.5) is 14.5 Å². The Bertz CT molecular complexity index is 2720. The molecule has 0 amide bonds. The van der Waals surface area contributed by atoms with Crippen molar-refractivity contribution < 1.29 is 47.2 Å². The third kappa shape index (κ3) is 6.34. The molecule has 2 N–H and O–H groups in total. The van der Waals surface area contributed by atoms with Crippen LogP contribution in [0.2, 0.25) is 5.02 Å². The highest BCUT2D eigenvalue weighted by molar-refractivity contribution is 6.33. The lowest BCUT2D eigenvalue weighted by Gasteiger charge is -2.63. The molecule has 3 aromatic carbocycles. The molecular formula is C52H59ClF2N4O8. The Morgan fingerprint density at radius 1 is 0.985 bits per heavy atom. The summed E-state index contributed by atoms with van der Waals surface area (Å²) in [7, 11) is 5.94. The van der Waals surface area contributed by atoms with Crippen molar-refractivity contribution in [2.24, 2.45) is 17.3 Å². The van der Waals surface area contributed by atoms with E-state index in [4.69, 9.17) is 30.5 Å². The zero-order chi connectivity index (χ0) is 47.6. The van der Waals surface area contributed by atoms with Crippen LogP contribution in [-0.2, 0) is 45.8 Å². The number of nitrogens with zero attached hydrogens (tertiary/aromatic N) is 3. The molecule has 1 spiro atoms. The maximum atomic E-state index is 15.6. The summed E-state index contributed by atoms with van der Waals surface area (Å²) >= 11 is 6.77. The zero-order valence-corrected chi connectivity index (χ0v) is 39.8. The van der Waals surface area contributed by atoms with Crippen molar-refractivity contribution in [3.8, 4) is 16.9 Å². The normalized spacial score (nSPS) is 33.1. The number of hydrogen-bond donors (Lipinski definition) is 2. The fourth-order valence-electron chi connectivity index (χ4n) is 14.3. The second-order valence-corrected chi connectivity index (χ2v) is 20.4. The largest absolute Gasteiger partial charge is 0.496 e. The summed E-state index contributed by atoms with van der Waals surface area (Å²) < 4.78 is 55.2. The third-order valence-corrected chi connectivity index (χ3v) is 17.2. The molecule has 6 unspecified atom stereocenters. The molecule has 12 nitrogen and oxygen atoms in total. The topological polar surface area (TPSA) is 134 Å². The van der Waals surface area contributed by atoms with Crippen LogP contribution >= 0.6 is 11.6 Å². The van der Waals surface area contributed by atoms with Crippen LogP contribution < -0.4 is 9.64 Å². The van der Waals surface area contributed by atoms with Crippen molar-refractivity contribution >= 4 is 46.1 Å². The van der Waals surface area contributed by atoms with Gasteiger partial charge in [0.05, 0.1) is 27.4 Å². The molecule has 0 radical (unpaired) electrons. The minimum Gasteiger partial charge on any atom is -0.496 e. The number of H-pyrrole nitrogens is 1. The Morgan fingerprint density at radius 3 is 2.43 bits per heavy atom. The van der Waals surface area contributed by atoms with Crippen LogP contribution in [0, 0.1) is 17.3 Å². The molecule has 10 atom stereocenters. The number of likely N-dealkylation sites (N-methyl/N-ethyl adjacent to an activating group) is 1. The highest BCUT2D eigenvalue weighted by atomic mass is 35.5. The summed E-state index contributed by atoms with van der Waals surface area (Å²) in [6.45, 7) is 6.62. The summed E-state index contributed by atoms with van der Waals surface area (Å²) in [5.41, 5.74) is -0.200. The van der Waals surface area contributed by atoms with Gasteiger partial charge in [-0.15, -0.1) is 0 Å². The van der Waals surface area contributed by atoms with E-state index in [2.05, 4.69) is 20.9 Å². The van der Waals surface area contributed by atoms with Gasteiger partial charge in [0.2, 0.25) is 11.5 Å². The van der Waals surface area contributed by atoms with Crippen molar-refractivity contribution in [1.82, 2.24) is 14.8 Å². The van der Waals surface area contributed by atoms with Crippen molar-refractivity contribution in [3.05, 3.63) is 94.2 Å². The number of carbonyl (C=O) groups is 3. The first kappa shape index (κ1) is 45.7. The summed E-state index contributed by atoms with van der Waals surface area (Å²) in [6, 6.07) is 16.2. The number of piperidine rings is 1. The predicted molar refractivity (Wildman–Crippen MR) is 250 cm³/mol. The van der Waals surface area contributed by atoms with Gasteiger partial charge < -0.3 is 38.8 Å². The molecule has 15 heteroatoms. The first-order valence-corrected chi connectivity index (χ1v) is 23.8. The zero-order valence-electron chi connectivity index (χ0n) is 39.1. The van der Waals surface area contributed by atoms with Gasteiger partial charge in [-0.3, -0.25) is 14.5 Å². The van der Waals surface area contributed by atoms with Gasteiger partial charge in [0.15, 0.2) is 6.10 Å². The number of fused-ring (bicyclic) bond motifs is 6. The van der Waals surface area contributed by atoms with Crippen LogP contribution in [0.15, 0.2) is 66.7 Å². The molecule has 1 aliphatic carbocycles. The quantitative estimate of drug-likeness (QED) is 0.104. The molecule has 356 valence electrons. The summed E-state index contributed by atoms with van der Waals surface area (Å²) in [4.78, 5) is 53.3. The fourth-order valence-corrected chi connectivity index (χ4v) is 14.6. The number of carbonyl (C=O) groups excluding carboxylic acids is 3. The van der Waals surface area contributed by atoms with E-state index in [-0.39, 0.29) is 31.3 Å². The molecule has 3 fully saturated rings. The Hall–Kier alpha value is -5.02. The van der Waals surface area contributed by atoms with Gasteiger partial charge in [-0.05, 0) is 92.4 Å². The lowest BCUT2D eigenvalue weighted by atomic mass is 9.47. The molecule has 5 aliphatic heterocycles. The van der Waals surface area contributed by atoms with Crippen LogP contribution in [0.1, 0.15) is 68.8 Å². The van der Waals surface area contributed by atoms with E-state index in [1.54, 1.807) is 0 Å². The highest BCUT2D eigenvalue weighted by Gasteiger charge is 2.80. The van der Waals surface area contributed by atoms with Crippen molar-refractivity contribution in [2.75, 3.05) is 66.0 Å². The Kier molecular flexibility index (Phi) is 10.9. The van der Waals surface area contributed by atoms with Crippen LogP contribution in [0.3, 0.4) is 0 Å². The molecule has 6 aliphatic rings. The van der Waals surface area contributed by atoms with Crippen molar-refractivity contribution in [3.63, 3.8) is 0 Å². The van der Waals surface area contributed by atoms with E-state index >= 15 is 13.6 Å². The molecule has 4 aromatic rings. The number of methoxy groups -OCH3 is 3. The monoisotopic (exact) mass is 940 g/mol. The number of aromatic amines is 1.